The van der Waals surface area contributed by atoms with Gasteiger partial charge in [0.1, 0.15) is 17.5 Å². The summed E-state index contributed by atoms with van der Waals surface area (Å²) in [6, 6.07) is 10.2. The van der Waals surface area contributed by atoms with E-state index in [0.29, 0.717) is 5.92 Å². The maximum atomic E-state index is 4.57. The highest BCUT2D eigenvalue weighted by atomic mass is 127. The van der Waals surface area contributed by atoms with Crippen molar-refractivity contribution in [2.24, 2.45) is 0 Å². The first-order valence-corrected chi connectivity index (χ1v) is 7.81. The molecule has 0 atom stereocenters. The largest absolute Gasteiger partial charge is 0.370 e. The fourth-order valence-corrected chi connectivity index (χ4v) is 2.10. The van der Waals surface area contributed by atoms with Gasteiger partial charge < -0.3 is 10.6 Å². The van der Waals surface area contributed by atoms with Crippen molar-refractivity contribution >= 4 is 39.9 Å². The Morgan fingerprint density at radius 1 is 1.10 bits per heavy atom. The zero-order chi connectivity index (χ0) is 14.5. The van der Waals surface area contributed by atoms with Crippen LogP contribution in [0, 0.1) is 3.57 Å². The van der Waals surface area contributed by atoms with Crippen LogP contribution in [0.1, 0.15) is 32.5 Å². The number of hydrogen-bond donors (Lipinski definition) is 2. The number of halogens is 1. The first-order valence-electron chi connectivity index (χ1n) is 6.74. The van der Waals surface area contributed by atoms with Gasteiger partial charge in [0.15, 0.2) is 0 Å². The summed E-state index contributed by atoms with van der Waals surface area (Å²) in [7, 11) is 0. The molecule has 0 aliphatic carbocycles. The van der Waals surface area contributed by atoms with Crippen molar-refractivity contribution in [2.75, 3.05) is 17.2 Å². The van der Waals surface area contributed by atoms with Gasteiger partial charge in [-0.2, -0.15) is 0 Å². The highest BCUT2D eigenvalue weighted by molar-refractivity contribution is 14.1. The van der Waals surface area contributed by atoms with E-state index in [0.717, 1.165) is 29.7 Å². The lowest BCUT2D eigenvalue weighted by molar-refractivity contribution is 0.777. The minimum absolute atomic E-state index is 0.297. The van der Waals surface area contributed by atoms with Gasteiger partial charge in [-0.1, -0.05) is 13.8 Å². The van der Waals surface area contributed by atoms with Gasteiger partial charge in [0.05, 0.1) is 0 Å². The maximum Gasteiger partial charge on any atom is 0.136 e. The van der Waals surface area contributed by atoms with Crippen LogP contribution in [-0.2, 0) is 0 Å². The Hall–Kier alpha value is -1.37. The third-order valence-electron chi connectivity index (χ3n) is 2.73. The average Bonchev–Trinajstić information content (AvgIpc) is 2.41. The summed E-state index contributed by atoms with van der Waals surface area (Å²) in [5.41, 5.74) is 1.03. The van der Waals surface area contributed by atoms with Crippen LogP contribution in [0.5, 0.6) is 0 Å². The first-order chi connectivity index (χ1) is 9.58. The molecular weight excluding hydrogens is 363 g/mol. The van der Waals surface area contributed by atoms with Crippen LogP contribution in [0.2, 0.25) is 0 Å². The number of hydrogen-bond acceptors (Lipinski definition) is 4. The molecular formula is C15H19IN4. The third-order valence-corrected chi connectivity index (χ3v) is 3.45. The molecule has 1 aromatic carbocycles. The highest BCUT2D eigenvalue weighted by Gasteiger charge is 2.08. The lowest BCUT2D eigenvalue weighted by Crippen LogP contribution is -2.07. The molecule has 1 heterocycles. The molecule has 4 nitrogen and oxygen atoms in total. The van der Waals surface area contributed by atoms with E-state index in [9.17, 15) is 0 Å². The maximum absolute atomic E-state index is 4.57. The van der Waals surface area contributed by atoms with Crippen molar-refractivity contribution in [1.82, 2.24) is 9.97 Å². The van der Waals surface area contributed by atoms with Gasteiger partial charge in [-0.25, -0.2) is 9.97 Å². The van der Waals surface area contributed by atoms with E-state index < -0.39 is 0 Å². The lowest BCUT2D eigenvalue weighted by Gasteiger charge is -2.12. The summed E-state index contributed by atoms with van der Waals surface area (Å²) in [6.07, 6.45) is 0. The summed E-state index contributed by atoms with van der Waals surface area (Å²) in [4.78, 5) is 9.08. The van der Waals surface area contributed by atoms with Gasteiger partial charge in [-0.3, -0.25) is 0 Å². The van der Waals surface area contributed by atoms with Crippen LogP contribution < -0.4 is 10.6 Å². The number of rotatable bonds is 5. The predicted molar refractivity (Wildman–Crippen MR) is 92.7 cm³/mol. The number of aromatic nitrogens is 2. The number of nitrogens with one attached hydrogen (secondary N) is 2. The Labute approximate surface area is 133 Å². The Bertz CT molecular complexity index is 567. The topological polar surface area (TPSA) is 49.8 Å². The second-order valence-electron chi connectivity index (χ2n) is 4.81. The number of nitrogens with zero attached hydrogens (tertiary/aromatic N) is 2. The van der Waals surface area contributed by atoms with E-state index in [4.69, 9.17) is 0 Å². The molecule has 0 saturated carbocycles. The van der Waals surface area contributed by atoms with E-state index in [1.807, 2.05) is 18.2 Å². The fraction of sp³-hybridized carbons (Fsp3) is 0.333. The fourth-order valence-electron chi connectivity index (χ4n) is 1.74. The van der Waals surface area contributed by atoms with Crippen LogP contribution in [0.4, 0.5) is 17.3 Å². The van der Waals surface area contributed by atoms with Crippen molar-refractivity contribution in [3.63, 3.8) is 0 Å². The Morgan fingerprint density at radius 3 is 2.35 bits per heavy atom. The molecule has 0 spiro atoms. The average molecular weight is 382 g/mol. The molecule has 0 aliphatic heterocycles. The normalized spacial score (nSPS) is 10.7. The van der Waals surface area contributed by atoms with Gasteiger partial charge in [-0.05, 0) is 53.8 Å². The van der Waals surface area contributed by atoms with Crippen LogP contribution in [0.25, 0.3) is 0 Å². The number of benzene rings is 1. The SMILES string of the molecule is CCNc1cc(Nc2ccc(I)cc2)nc(C(C)C)n1. The second kappa shape index (κ2) is 6.88. The van der Waals surface area contributed by atoms with Crippen molar-refractivity contribution in [1.29, 1.82) is 0 Å². The van der Waals surface area contributed by atoms with Gasteiger partial charge >= 0.3 is 0 Å². The van der Waals surface area contributed by atoms with Gasteiger partial charge in [-0.15, -0.1) is 0 Å². The van der Waals surface area contributed by atoms with Crippen LogP contribution in [0.15, 0.2) is 30.3 Å². The summed E-state index contributed by atoms with van der Waals surface area (Å²) < 4.78 is 1.21. The summed E-state index contributed by atoms with van der Waals surface area (Å²) >= 11 is 2.29. The molecule has 0 radical (unpaired) electrons. The molecule has 0 amide bonds. The van der Waals surface area contributed by atoms with Gasteiger partial charge in [0, 0.05) is 27.8 Å². The van der Waals surface area contributed by atoms with E-state index in [1.165, 1.54) is 3.57 Å². The predicted octanol–water partition coefficient (Wildman–Crippen LogP) is 4.38. The van der Waals surface area contributed by atoms with E-state index >= 15 is 0 Å². The molecule has 1 aromatic heterocycles. The summed E-state index contributed by atoms with van der Waals surface area (Å²) in [5, 5.41) is 6.58. The molecule has 0 saturated heterocycles. The number of anilines is 3. The van der Waals surface area contributed by atoms with Gasteiger partial charge in [0.2, 0.25) is 0 Å². The second-order valence-corrected chi connectivity index (χ2v) is 6.06. The molecule has 0 aliphatic rings. The molecule has 5 heteroatoms. The summed E-state index contributed by atoms with van der Waals surface area (Å²) in [6.45, 7) is 7.10. The lowest BCUT2D eigenvalue weighted by atomic mass is 10.2. The first kappa shape index (κ1) is 15.0. The Morgan fingerprint density at radius 2 is 1.75 bits per heavy atom. The van der Waals surface area contributed by atoms with Crippen molar-refractivity contribution in [3.8, 4) is 0 Å². The molecule has 0 bridgehead atoms. The smallest absolute Gasteiger partial charge is 0.136 e. The zero-order valence-electron chi connectivity index (χ0n) is 11.9. The minimum atomic E-state index is 0.297. The molecule has 0 fully saturated rings. The van der Waals surface area contributed by atoms with Crippen molar-refractivity contribution in [2.45, 2.75) is 26.7 Å². The van der Waals surface area contributed by atoms with Crippen molar-refractivity contribution < 1.29 is 0 Å². The highest BCUT2D eigenvalue weighted by Crippen LogP contribution is 2.21. The molecule has 0 unspecified atom stereocenters. The molecule has 20 heavy (non-hydrogen) atoms. The minimum Gasteiger partial charge on any atom is -0.370 e. The van der Waals surface area contributed by atoms with Gasteiger partial charge in [0.25, 0.3) is 0 Å². The summed E-state index contributed by atoms with van der Waals surface area (Å²) in [5.74, 6) is 2.82. The Kier molecular flexibility index (Phi) is 5.17. The monoisotopic (exact) mass is 382 g/mol. The van der Waals surface area contributed by atoms with E-state index in [-0.39, 0.29) is 0 Å². The van der Waals surface area contributed by atoms with Crippen molar-refractivity contribution in [3.05, 3.63) is 39.7 Å². The third kappa shape index (κ3) is 4.06. The quantitative estimate of drug-likeness (QED) is 0.754. The molecule has 2 N–H and O–H groups in total. The molecule has 106 valence electrons. The zero-order valence-corrected chi connectivity index (χ0v) is 14.1. The van der Waals surface area contributed by atoms with E-state index in [2.05, 4.69) is 76.1 Å². The van der Waals surface area contributed by atoms with Crippen LogP contribution in [0.3, 0.4) is 0 Å². The van der Waals surface area contributed by atoms with E-state index in [1.54, 1.807) is 0 Å². The standard InChI is InChI=1S/C15H19IN4/c1-4-17-13-9-14(20-15(19-13)10(2)3)18-12-7-5-11(16)6-8-12/h5-10H,4H2,1-3H3,(H2,17,18,19,20). The van der Waals surface area contributed by atoms with Crippen LogP contribution >= 0.6 is 22.6 Å². The van der Waals surface area contributed by atoms with Crippen LogP contribution in [-0.4, -0.2) is 16.5 Å². The molecule has 2 rings (SSSR count). The molecule has 2 aromatic rings. The Balaban J connectivity index is 2.27.